The standard InChI is InChI=1S/C24H30N2O5/c1-3-12-25(23(27)15-19-8-10-20(29-2)11-9-19)18-24(28)26(16-21-6-4-13-30-21)17-22-7-5-14-31-22/h3-4,6,8-11,13,22H,1,5,7,12,14-18H2,2H3/t22-/m1/s1. The lowest BCUT2D eigenvalue weighted by atomic mass is 10.1. The van der Waals surface area contributed by atoms with Gasteiger partial charge in [0.2, 0.25) is 11.8 Å². The van der Waals surface area contributed by atoms with Gasteiger partial charge in [-0.3, -0.25) is 9.59 Å². The number of furan rings is 1. The molecule has 1 aromatic heterocycles. The molecule has 0 radical (unpaired) electrons. The highest BCUT2D eigenvalue weighted by molar-refractivity contribution is 5.86. The van der Waals surface area contributed by atoms with Crippen molar-refractivity contribution < 1.29 is 23.5 Å². The molecule has 1 aliphatic heterocycles. The lowest BCUT2D eigenvalue weighted by molar-refractivity contribution is -0.141. The summed E-state index contributed by atoms with van der Waals surface area (Å²) in [6.45, 7) is 5.57. The van der Waals surface area contributed by atoms with Gasteiger partial charge in [-0.05, 0) is 42.7 Å². The fourth-order valence-corrected chi connectivity index (χ4v) is 3.58. The van der Waals surface area contributed by atoms with Crippen LogP contribution in [-0.2, 0) is 27.3 Å². The van der Waals surface area contributed by atoms with Crippen LogP contribution in [0.3, 0.4) is 0 Å². The van der Waals surface area contributed by atoms with E-state index in [1.807, 2.05) is 30.3 Å². The monoisotopic (exact) mass is 426 g/mol. The van der Waals surface area contributed by atoms with Crippen LogP contribution in [0.4, 0.5) is 0 Å². The molecule has 0 bridgehead atoms. The first-order chi connectivity index (χ1) is 15.1. The van der Waals surface area contributed by atoms with Crippen LogP contribution < -0.4 is 4.74 Å². The van der Waals surface area contributed by atoms with Gasteiger partial charge in [0.25, 0.3) is 0 Å². The molecule has 1 aliphatic rings. The molecule has 1 aromatic carbocycles. The number of methoxy groups -OCH3 is 1. The van der Waals surface area contributed by atoms with E-state index in [2.05, 4.69) is 6.58 Å². The molecule has 0 aliphatic carbocycles. The van der Waals surface area contributed by atoms with Crippen LogP contribution in [-0.4, -0.2) is 61.1 Å². The van der Waals surface area contributed by atoms with E-state index >= 15 is 0 Å². The Hall–Kier alpha value is -3.06. The van der Waals surface area contributed by atoms with Crippen molar-refractivity contribution in [3.63, 3.8) is 0 Å². The van der Waals surface area contributed by atoms with Gasteiger partial charge in [0.05, 0.1) is 32.4 Å². The molecule has 2 heterocycles. The molecule has 31 heavy (non-hydrogen) atoms. The number of hydrogen-bond acceptors (Lipinski definition) is 5. The van der Waals surface area contributed by atoms with E-state index in [9.17, 15) is 9.59 Å². The maximum Gasteiger partial charge on any atom is 0.242 e. The molecule has 2 aromatic rings. The first-order valence-electron chi connectivity index (χ1n) is 10.5. The van der Waals surface area contributed by atoms with Gasteiger partial charge in [-0.15, -0.1) is 6.58 Å². The second-order valence-corrected chi connectivity index (χ2v) is 7.58. The molecular formula is C24H30N2O5. The van der Waals surface area contributed by atoms with Crippen LogP contribution in [0.25, 0.3) is 0 Å². The lowest BCUT2D eigenvalue weighted by Crippen LogP contribution is -2.45. The first-order valence-corrected chi connectivity index (χ1v) is 10.5. The van der Waals surface area contributed by atoms with Gasteiger partial charge in [-0.2, -0.15) is 0 Å². The van der Waals surface area contributed by atoms with E-state index < -0.39 is 0 Å². The Balaban J connectivity index is 1.65. The molecule has 1 atom stereocenters. The summed E-state index contributed by atoms with van der Waals surface area (Å²) in [6.07, 6.45) is 5.37. The summed E-state index contributed by atoms with van der Waals surface area (Å²) in [7, 11) is 1.60. The third-order valence-electron chi connectivity index (χ3n) is 5.27. The van der Waals surface area contributed by atoms with Crippen LogP contribution in [0, 0.1) is 0 Å². The predicted molar refractivity (Wildman–Crippen MR) is 117 cm³/mol. The Morgan fingerprint density at radius 1 is 1.19 bits per heavy atom. The fourth-order valence-electron chi connectivity index (χ4n) is 3.58. The molecule has 1 fully saturated rings. The molecule has 7 heteroatoms. The average molecular weight is 427 g/mol. The normalized spacial score (nSPS) is 15.5. The van der Waals surface area contributed by atoms with Gasteiger partial charge in [0.1, 0.15) is 18.1 Å². The van der Waals surface area contributed by atoms with Gasteiger partial charge in [-0.25, -0.2) is 0 Å². The lowest BCUT2D eigenvalue weighted by Gasteiger charge is -2.28. The Labute approximate surface area is 183 Å². The number of nitrogens with zero attached hydrogens (tertiary/aromatic N) is 2. The molecule has 0 spiro atoms. The maximum absolute atomic E-state index is 13.2. The van der Waals surface area contributed by atoms with Crippen molar-refractivity contribution in [1.82, 2.24) is 9.80 Å². The highest BCUT2D eigenvalue weighted by atomic mass is 16.5. The summed E-state index contributed by atoms with van der Waals surface area (Å²) in [5.41, 5.74) is 0.860. The van der Waals surface area contributed by atoms with Crippen LogP contribution in [0.2, 0.25) is 0 Å². The zero-order valence-electron chi connectivity index (χ0n) is 18.0. The Morgan fingerprint density at radius 3 is 2.61 bits per heavy atom. The number of hydrogen-bond donors (Lipinski definition) is 0. The number of carbonyl (C=O) groups is 2. The van der Waals surface area contributed by atoms with Crippen molar-refractivity contribution in [2.24, 2.45) is 0 Å². The number of rotatable bonds is 11. The Morgan fingerprint density at radius 2 is 2.00 bits per heavy atom. The molecule has 2 amide bonds. The van der Waals surface area contributed by atoms with Crippen molar-refractivity contribution in [3.05, 3.63) is 66.6 Å². The van der Waals surface area contributed by atoms with Crippen LogP contribution in [0.5, 0.6) is 5.75 Å². The predicted octanol–water partition coefficient (Wildman–Crippen LogP) is 3.05. The van der Waals surface area contributed by atoms with Crippen molar-refractivity contribution in [3.8, 4) is 5.75 Å². The van der Waals surface area contributed by atoms with Crippen molar-refractivity contribution in [2.45, 2.75) is 31.9 Å². The van der Waals surface area contributed by atoms with E-state index in [1.54, 1.807) is 30.4 Å². The molecule has 0 N–H and O–H groups in total. The van der Waals surface area contributed by atoms with E-state index in [0.29, 0.717) is 25.4 Å². The van der Waals surface area contributed by atoms with Crippen LogP contribution in [0.1, 0.15) is 24.2 Å². The summed E-state index contributed by atoms with van der Waals surface area (Å²) in [4.78, 5) is 29.3. The third kappa shape index (κ3) is 6.72. The van der Waals surface area contributed by atoms with Crippen LogP contribution >= 0.6 is 0 Å². The molecule has 0 unspecified atom stereocenters. The number of amides is 2. The largest absolute Gasteiger partial charge is 0.497 e. The van der Waals surface area contributed by atoms with E-state index in [1.165, 1.54) is 4.90 Å². The van der Waals surface area contributed by atoms with Crippen LogP contribution in [0.15, 0.2) is 59.7 Å². The summed E-state index contributed by atoms with van der Waals surface area (Å²) in [5.74, 6) is 1.16. The summed E-state index contributed by atoms with van der Waals surface area (Å²) in [6, 6.07) is 11.0. The molecule has 0 saturated carbocycles. The summed E-state index contributed by atoms with van der Waals surface area (Å²) >= 11 is 0. The van der Waals surface area contributed by atoms with Gasteiger partial charge < -0.3 is 23.7 Å². The molecule has 166 valence electrons. The smallest absolute Gasteiger partial charge is 0.242 e. The minimum absolute atomic E-state index is 0.0155. The van der Waals surface area contributed by atoms with Gasteiger partial charge >= 0.3 is 0 Å². The maximum atomic E-state index is 13.2. The molecular weight excluding hydrogens is 396 g/mol. The third-order valence-corrected chi connectivity index (χ3v) is 5.27. The van der Waals surface area contributed by atoms with Gasteiger partial charge in [-0.1, -0.05) is 18.2 Å². The SMILES string of the molecule is C=CCN(CC(=O)N(Cc1ccco1)C[C@H]1CCCO1)C(=O)Cc1ccc(OC)cc1. The van der Waals surface area contributed by atoms with Gasteiger partial charge in [0, 0.05) is 19.7 Å². The minimum atomic E-state index is -0.142. The number of carbonyl (C=O) groups excluding carboxylic acids is 2. The number of ether oxygens (including phenoxy) is 2. The average Bonchev–Trinajstić information content (AvgIpc) is 3.48. The minimum Gasteiger partial charge on any atom is -0.497 e. The molecule has 7 nitrogen and oxygen atoms in total. The Bertz CT molecular complexity index is 841. The zero-order chi connectivity index (χ0) is 22.1. The highest BCUT2D eigenvalue weighted by Crippen LogP contribution is 2.17. The fraction of sp³-hybridized carbons (Fsp3) is 0.417. The van der Waals surface area contributed by atoms with Gasteiger partial charge in [0.15, 0.2) is 0 Å². The number of benzene rings is 1. The summed E-state index contributed by atoms with van der Waals surface area (Å²) in [5, 5.41) is 0. The Kier molecular flexibility index (Phi) is 8.29. The molecule has 1 saturated heterocycles. The second-order valence-electron chi connectivity index (χ2n) is 7.58. The van der Waals surface area contributed by atoms with E-state index in [-0.39, 0.29) is 30.9 Å². The van der Waals surface area contributed by atoms with Crippen molar-refractivity contribution in [2.75, 3.05) is 33.4 Å². The summed E-state index contributed by atoms with van der Waals surface area (Å²) < 4.78 is 16.3. The zero-order valence-corrected chi connectivity index (χ0v) is 18.0. The quantitative estimate of drug-likeness (QED) is 0.517. The van der Waals surface area contributed by atoms with Crippen molar-refractivity contribution >= 4 is 11.8 Å². The van der Waals surface area contributed by atoms with Crippen molar-refractivity contribution in [1.29, 1.82) is 0 Å². The first kappa shape index (κ1) is 22.6. The highest BCUT2D eigenvalue weighted by Gasteiger charge is 2.26. The van der Waals surface area contributed by atoms with E-state index in [4.69, 9.17) is 13.9 Å². The topological polar surface area (TPSA) is 72.2 Å². The second kappa shape index (κ2) is 11.4. The van der Waals surface area contributed by atoms with E-state index in [0.717, 1.165) is 30.8 Å². The molecule has 3 rings (SSSR count).